The molecule has 0 saturated heterocycles. The fraction of sp³-hybridized carbons (Fsp3) is 0.200. The zero-order valence-electron chi connectivity index (χ0n) is 13.0. The first-order valence-corrected chi connectivity index (χ1v) is 7.84. The van der Waals surface area contributed by atoms with Gasteiger partial charge in [-0.1, -0.05) is 41.4 Å². The number of amides is 1. The van der Waals surface area contributed by atoms with Crippen molar-refractivity contribution in [3.63, 3.8) is 0 Å². The Morgan fingerprint density at radius 2 is 2.00 bits per heavy atom. The van der Waals surface area contributed by atoms with Gasteiger partial charge in [-0.2, -0.15) is 5.10 Å². The third-order valence-corrected chi connectivity index (χ3v) is 4.35. The van der Waals surface area contributed by atoms with E-state index in [1.54, 1.807) is 23.3 Å². The summed E-state index contributed by atoms with van der Waals surface area (Å²) < 4.78 is 3.13. The summed E-state index contributed by atoms with van der Waals surface area (Å²) in [5.74, 6) is -0.286. The van der Waals surface area contributed by atoms with Gasteiger partial charge in [0.1, 0.15) is 6.33 Å². The van der Waals surface area contributed by atoms with Crippen LogP contribution < -0.4 is 5.32 Å². The average Bonchev–Trinajstić information content (AvgIpc) is 3.09. The van der Waals surface area contributed by atoms with E-state index in [0.717, 1.165) is 5.56 Å². The standard InChI is InChI=1S/C15H14Cl2N6O/c1-9-12(17)13(20-22(9)2)14(24)19-15-18-8-23(21-15)7-10-5-3-4-6-11(10)16/h3-6,8H,7H2,1-2H3,(H,19,21,24). The summed E-state index contributed by atoms with van der Waals surface area (Å²) in [7, 11) is 1.72. The first kappa shape index (κ1) is 16.5. The Labute approximate surface area is 148 Å². The fourth-order valence-electron chi connectivity index (χ4n) is 2.12. The quantitative estimate of drug-likeness (QED) is 0.771. The molecule has 0 atom stereocenters. The van der Waals surface area contributed by atoms with Crippen LogP contribution in [0.25, 0.3) is 0 Å². The Morgan fingerprint density at radius 3 is 2.67 bits per heavy atom. The van der Waals surface area contributed by atoms with Gasteiger partial charge in [0.25, 0.3) is 5.91 Å². The molecule has 0 aliphatic rings. The minimum atomic E-state index is -0.459. The van der Waals surface area contributed by atoms with Crippen LogP contribution in [0.3, 0.4) is 0 Å². The number of aryl methyl sites for hydroxylation is 1. The highest BCUT2D eigenvalue weighted by Crippen LogP contribution is 2.20. The summed E-state index contributed by atoms with van der Waals surface area (Å²) >= 11 is 12.2. The highest BCUT2D eigenvalue weighted by atomic mass is 35.5. The Hall–Kier alpha value is -2.38. The van der Waals surface area contributed by atoms with Crippen molar-refractivity contribution in [1.29, 1.82) is 0 Å². The third-order valence-electron chi connectivity index (χ3n) is 3.53. The molecule has 9 heteroatoms. The Kier molecular flexibility index (Phi) is 4.55. The molecule has 0 saturated carbocycles. The maximum Gasteiger partial charge on any atom is 0.280 e. The highest BCUT2D eigenvalue weighted by molar-refractivity contribution is 6.34. The van der Waals surface area contributed by atoms with E-state index >= 15 is 0 Å². The van der Waals surface area contributed by atoms with Gasteiger partial charge in [0.2, 0.25) is 5.95 Å². The Balaban J connectivity index is 1.73. The van der Waals surface area contributed by atoms with Gasteiger partial charge >= 0.3 is 0 Å². The van der Waals surface area contributed by atoms with Crippen LogP contribution in [-0.4, -0.2) is 30.5 Å². The monoisotopic (exact) mass is 364 g/mol. The number of carbonyl (C=O) groups is 1. The fourth-order valence-corrected chi connectivity index (χ4v) is 2.56. The zero-order valence-corrected chi connectivity index (χ0v) is 14.5. The van der Waals surface area contributed by atoms with Crippen LogP contribution in [0.15, 0.2) is 30.6 Å². The van der Waals surface area contributed by atoms with E-state index < -0.39 is 5.91 Å². The van der Waals surface area contributed by atoms with Crippen molar-refractivity contribution in [3.8, 4) is 0 Å². The van der Waals surface area contributed by atoms with Gasteiger partial charge < -0.3 is 0 Å². The number of benzene rings is 1. The number of nitrogens with one attached hydrogen (secondary N) is 1. The summed E-state index contributed by atoms with van der Waals surface area (Å²) in [6.07, 6.45) is 1.52. The summed E-state index contributed by atoms with van der Waals surface area (Å²) in [4.78, 5) is 16.3. The molecule has 0 spiro atoms. The van der Waals surface area contributed by atoms with Crippen LogP contribution in [-0.2, 0) is 13.6 Å². The molecule has 0 aliphatic carbocycles. The predicted molar refractivity (Wildman–Crippen MR) is 91.5 cm³/mol. The molecule has 1 N–H and O–H groups in total. The van der Waals surface area contributed by atoms with E-state index in [1.165, 1.54) is 6.33 Å². The van der Waals surface area contributed by atoms with Gasteiger partial charge in [-0.15, -0.1) is 5.10 Å². The molecule has 1 aromatic carbocycles. The van der Waals surface area contributed by atoms with Crippen LogP contribution >= 0.6 is 23.2 Å². The van der Waals surface area contributed by atoms with Gasteiger partial charge in [-0.3, -0.25) is 14.8 Å². The van der Waals surface area contributed by atoms with Gasteiger partial charge in [-0.05, 0) is 18.6 Å². The van der Waals surface area contributed by atoms with E-state index in [9.17, 15) is 4.79 Å². The number of hydrogen-bond acceptors (Lipinski definition) is 4. The normalized spacial score (nSPS) is 10.8. The lowest BCUT2D eigenvalue weighted by molar-refractivity contribution is 0.102. The SMILES string of the molecule is Cc1c(Cl)c(C(=O)Nc2ncn(Cc3ccccc3Cl)n2)nn1C. The smallest absolute Gasteiger partial charge is 0.280 e. The first-order valence-electron chi connectivity index (χ1n) is 7.09. The average molecular weight is 365 g/mol. The second-order valence-corrected chi connectivity index (χ2v) is 5.97. The van der Waals surface area contributed by atoms with Crippen molar-refractivity contribution < 1.29 is 4.79 Å². The Morgan fingerprint density at radius 1 is 1.25 bits per heavy atom. The van der Waals surface area contributed by atoms with E-state index in [2.05, 4.69) is 20.5 Å². The lowest BCUT2D eigenvalue weighted by Crippen LogP contribution is -2.15. The number of halogens is 2. The lowest BCUT2D eigenvalue weighted by atomic mass is 10.2. The molecule has 0 unspecified atom stereocenters. The molecular formula is C15H14Cl2N6O. The van der Waals surface area contributed by atoms with E-state index in [4.69, 9.17) is 23.2 Å². The number of carbonyl (C=O) groups excluding carboxylic acids is 1. The number of rotatable bonds is 4. The van der Waals surface area contributed by atoms with Crippen molar-refractivity contribution >= 4 is 35.1 Å². The molecule has 0 radical (unpaired) electrons. The molecule has 0 bridgehead atoms. The molecule has 124 valence electrons. The van der Waals surface area contributed by atoms with Gasteiger partial charge in [0.15, 0.2) is 5.69 Å². The summed E-state index contributed by atoms with van der Waals surface area (Å²) in [5, 5.41) is 11.8. The number of hydrogen-bond donors (Lipinski definition) is 1. The van der Waals surface area contributed by atoms with Crippen LogP contribution in [0.1, 0.15) is 21.7 Å². The highest BCUT2D eigenvalue weighted by Gasteiger charge is 2.19. The van der Waals surface area contributed by atoms with Crippen molar-refractivity contribution in [2.75, 3.05) is 5.32 Å². The summed E-state index contributed by atoms with van der Waals surface area (Å²) in [6, 6.07) is 7.46. The predicted octanol–water partition coefficient (Wildman–Crippen LogP) is 2.93. The molecule has 7 nitrogen and oxygen atoms in total. The van der Waals surface area contributed by atoms with Gasteiger partial charge in [-0.25, -0.2) is 9.67 Å². The molecule has 3 aromatic rings. The molecule has 2 aromatic heterocycles. The summed E-state index contributed by atoms with van der Waals surface area (Å²) in [5.41, 5.74) is 1.75. The van der Waals surface area contributed by atoms with Crippen molar-refractivity contribution in [2.45, 2.75) is 13.5 Å². The maximum absolute atomic E-state index is 12.2. The molecule has 24 heavy (non-hydrogen) atoms. The van der Waals surface area contributed by atoms with E-state index in [1.807, 2.05) is 24.3 Å². The van der Waals surface area contributed by atoms with Crippen LogP contribution in [0, 0.1) is 6.92 Å². The van der Waals surface area contributed by atoms with Crippen LogP contribution in [0.5, 0.6) is 0 Å². The largest absolute Gasteiger partial charge is 0.288 e. The van der Waals surface area contributed by atoms with Crippen LogP contribution in [0.4, 0.5) is 5.95 Å². The van der Waals surface area contributed by atoms with Crippen LogP contribution in [0.2, 0.25) is 10.0 Å². The minimum absolute atomic E-state index is 0.138. The second kappa shape index (κ2) is 6.62. The second-order valence-electron chi connectivity index (χ2n) is 5.18. The lowest BCUT2D eigenvalue weighted by Gasteiger charge is -2.03. The van der Waals surface area contributed by atoms with Gasteiger partial charge in [0, 0.05) is 12.1 Å². The first-order chi connectivity index (χ1) is 11.5. The molecule has 0 fully saturated rings. The number of aromatic nitrogens is 5. The zero-order chi connectivity index (χ0) is 17.3. The Bertz CT molecular complexity index is 901. The third kappa shape index (κ3) is 3.27. The van der Waals surface area contributed by atoms with Crippen molar-refractivity contribution in [3.05, 3.63) is 57.6 Å². The molecule has 1 amide bonds. The molecule has 3 rings (SSSR count). The minimum Gasteiger partial charge on any atom is -0.288 e. The van der Waals surface area contributed by atoms with E-state index in [0.29, 0.717) is 22.3 Å². The number of nitrogens with zero attached hydrogens (tertiary/aromatic N) is 5. The molecule has 0 aliphatic heterocycles. The van der Waals surface area contributed by atoms with Gasteiger partial charge in [0.05, 0.1) is 17.3 Å². The maximum atomic E-state index is 12.2. The molecular weight excluding hydrogens is 351 g/mol. The number of anilines is 1. The summed E-state index contributed by atoms with van der Waals surface area (Å²) in [6.45, 7) is 2.23. The van der Waals surface area contributed by atoms with Crippen molar-refractivity contribution in [1.82, 2.24) is 24.5 Å². The molecule has 2 heterocycles. The van der Waals surface area contributed by atoms with Crippen molar-refractivity contribution in [2.24, 2.45) is 7.05 Å². The van der Waals surface area contributed by atoms with E-state index in [-0.39, 0.29) is 11.6 Å². The topological polar surface area (TPSA) is 77.6 Å².